The molecule has 6 nitrogen and oxygen atoms in total. The molecule has 0 aliphatic carbocycles. The Balaban J connectivity index is 1.47. The minimum absolute atomic E-state index is 0.259. The Morgan fingerprint density at radius 1 is 1.06 bits per heavy atom. The van der Waals surface area contributed by atoms with E-state index in [9.17, 15) is 9.59 Å². The maximum atomic E-state index is 13.7. The third-order valence-corrected chi connectivity index (χ3v) is 7.84. The van der Waals surface area contributed by atoms with Gasteiger partial charge in [0, 0.05) is 11.9 Å². The Kier molecular flexibility index (Phi) is 7.03. The molecule has 1 amide bonds. The van der Waals surface area contributed by atoms with Crippen molar-refractivity contribution in [3.05, 3.63) is 119 Å². The number of ether oxygens (including phenoxy) is 1. The summed E-state index contributed by atoms with van der Waals surface area (Å²) in [4.78, 5) is 32.1. The highest BCUT2D eigenvalue weighted by atomic mass is 32.2. The van der Waals surface area contributed by atoms with Crippen molar-refractivity contribution in [2.45, 2.75) is 22.5 Å². The second-order valence-corrected chi connectivity index (χ2v) is 10.0. The Bertz CT molecular complexity index is 1230. The first-order valence-corrected chi connectivity index (χ1v) is 13.0. The first-order valence-electron chi connectivity index (χ1n) is 11.1. The van der Waals surface area contributed by atoms with E-state index in [0.29, 0.717) is 5.75 Å². The molecule has 3 aromatic rings. The fourth-order valence-electron chi connectivity index (χ4n) is 4.01. The predicted octanol–water partition coefficient (Wildman–Crippen LogP) is 4.52. The number of aromatic nitrogens is 1. The summed E-state index contributed by atoms with van der Waals surface area (Å²) in [6, 6.07) is 24.2. The molecule has 2 aliphatic rings. The van der Waals surface area contributed by atoms with E-state index in [2.05, 4.69) is 4.98 Å². The van der Waals surface area contributed by atoms with Crippen LogP contribution in [0.4, 0.5) is 0 Å². The summed E-state index contributed by atoms with van der Waals surface area (Å²) in [7, 11) is 0. The zero-order valence-electron chi connectivity index (χ0n) is 18.7. The Morgan fingerprint density at radius 3 is 2.34 bits per heavy atom. The van der Waals surface area contributed by atoms with Gasteiger partial charge in [0.25, 0.3) is 0 Å². The number of nitrogens with two attached hydrogens (primary N) is 1. The van der Waals surface area contributed by atoms with Crippen LogP contribution in [0.25, 0.3) is 0 Å². The van der Waals surface area contributed by atoms with Crippen molar-refractivity contribution >= 4 is 35.4 Å². The van der Waals surface area contributed by atoms with Crippen molar-refractivity contribution in [1.82, 2.24) is 9.88 Å². The van der Waals surface area contributed by atoms with E-state index in [1.807, 2.05) is 90.3 Å². The minimum atomic E-state index is -0.615. The highest BCUT2D eigenvalue weighted by Crippen LogP contribution is 2.41. The summed E-state index contributed by atoms with van der Waals surface area (Å²) in [6.07, 6.45) is 2.98. The van der Waals surface area contributed by atoms with Crippen LogP contribution in [-0.4, -0.2) is 38.9 Å². The molecule has 3 heterocycles. The number of hydrogen-bond acceptors (Lipinski definition) is 7. The fourth-order valence-corrected chi connectivity index (χ4v) is 5.92. The summed E-state index contributed by atoms with van der Waals surface area (Å²) in [5.74, 6) is -0.267. The fraction of sp³-hybridized carbons (Fsp3) is 0.148. The van der Waals surface area contributed by atoms with E-state index >= 15 is 0 Å². The van der Waals surface area contributed by atoms with Gasteiger partial charge in [-0.3, -0.25) is 9.69 Å². The molecule has 2 aromatic carbocycles. The Labute approximate surface area is 212 Å². The average molecular weight is 502 g/mol. The number of benzene rings is 2. The smallest absolute Gasteiger partial charge is 0.356 e. The second kappa shape index (κ2) is 10.5. The number of β-lactam (4-membered cyclic amide) rings is 1. The van der Waals surface area contributed by atoms with Crippen LogP contribution in [0.15, 0.2) is 113 Å². The first-order chi connectivity index (χ1) is 17.1. The van der Waals surface area contributed by atoms with Gasteiger partial charge in [-0.2, -0.15) is 0 Å². The lowest BCUT2D eigenvalue weighted by Crippen LogP contribution is -2.68. The maximum Gasteiger partial charge on any atom is 0.356 e. The highest BCUT2D eigenvalue weighted by molar-refractivity contribution is 8.02. The summed E-state index contributed by atoms with van der Waals surface area (Å²) in [5.41, 5.74) is 8.71. The molecule has 1 saturated heterocycles. The summed E-state index contributed by atoms with van der Waals surface area (Å²) in [5, 5.41) is 2.45. The van der Waals surface area contributed by atoms with Crippen LogP contribution in [0.5, 0.6) is 0 Å². The molecule has 0 saturated carbocycles. The number of rotatable bonds is 7. The number of nitrogens with zero attached hydrogens (tertiary/aromatic N) is 2. The molecule has 5 rings (SSSR count). The van der Waals surface area contributed by atoms with E-state index in [1.165, 1.54) is 16.7 Å². The third-order valence-electron chi connectivity index (χ3n) is 5.76. The SMILES string of the molecule is NC1C(=O)N2C(C(=O)OC(c3ccccc3)c3ccccc3)=C(C=CSc3ccccn3)CS[C@H]12. The molecule has 176 valence electrons. The highest BCUT2D eigenvalue weighted by Gasteiger charge is 2.52. The van der Waals surface area contributed by atoms with E-state index in [-0.39, 0.29) is 17.0 Å². The van der Waals surface area contributed by atoms with Crippen LogP contribution in [0.1, 0.15) is 17.2 Å². The van der Waals surface area contributed by atoms with Gasteiger partial charge in [-0.15, -0.1) is 11.8 Å². The molecule has 0 radical (unpaired) electrons. The number of thioether (sulfide) groups is 2. The quantitative estimate of drug-likeness (QED) is 0.289. The summed E-state index contributed by atoms with van der Waals surface area (Å²) < 4.78 is 6.10. The van der Waals surface area contributed by atoms with Gasteiger partial charge in [0.2, 0.25) is 5.91 Å². The minimum Gasteiger partial charge on any atom is -0.448 e. The number of fused-ring (bicyclic) bond motifs is 1. The van der Waals surface area contributed by atoms with Gasteiger partial charge in [0.15, 0.2) is 6.10 Å². The lowest BCUT2D eigenvalue weighted by molar-refractivity contribution is -0.153. The Hall–Kier alpha value is -3.33. The monoisotopic (exact) mass is 501 g/mol. The third kappa shape index (κ3) is 4.91. The Morgan fingerprint density at radius 2 is 1.71 bits per heavy atom. The topological polar surface area (TPSA) is 85.5 Å². The number of carbonyl (C=O) groups excluding carboxylic acids is 2. The zero-order valence-corrected chi connectivity index (χ0v) is 20.3. The molecule has 35 heavy (non-hydrogen) atoms. The van der Waals surface area contributed by atoms with Gasteiger partial charge in [-0.05, 0) is 40.3 Å². The van der Waals surface area contributed by atoms with Crippen LogP contribution in [-0.2, 0) is 14.3 Å². The van der Waals surface area contributed by atoms with E-state index in [0.717, 1.165) is 21.7 Å². The second-order valence-electron chi connectivity index (χ2n) is 8.00. The molecule has 1 aromatic heterocycles. The van der Waals surface area contributed by atoms with Gasteiger partial charge in [0.1, 0.15) is 22.1 Å². The molecular weight excluding hydrogens is 478 g/mol. The molecule has 0 bridgehead atoms. The van der Waals surface area contributed by atoms with Gasteiger partial charge >= 0.3 is 5.97 Å². The van der Waals surface area contributed by atoms with Crippen LogP contribution in [0, 0.1) is 0 Å². The van der Waals surface area contributed by atoms with Crippen molar-refractivity contribution in [3.8, 4) is 0 Å². The largest absolute Gasteiger partial charge is 0.448 e. The van der Waals surface area contributed by atoms with Crippen LogP contribution in [0.2, 0.25) is 0 Å². The lowest BCUT2D eigenvalue weighted by atomic mass is 10.0. The maximum absolute atomic E-state index is 13.7. The van der Waals surface area contributed by atoms with E-state index in [4.69, 9.17) is 10.5 Å². The van der Waals surface area contributed by atoms with Gasteiger partial charge in [-0.1, -0.05) is 78.5 Å². The lowest BCUT2D eigenvalue weighted by Gasteiger charge is -2.48. The molecule has 1 fully saturated rings. The van der Waals surface area contributed by atoms with Crippen molar-refractivity contribution in [3.63, 3.8) is 0 Å². The van der Waals surface area contributed by atoms with Crippen LogP contribution in [0.3, 0.4) is 0 Å². The number of carbonyl (C=O) groups is 2. The number of esters is 1. The normalized spacial score (nSPS) is 19.6. The molecule has 2 atom stereocenters. The molecular formula is C27H23N3O3S2. The summed E-state index contributed by atoms with van der Waals surface area (Å²) in [6.45, 7) is 0. The number of amides is 1. The first kappa shape index (κ1) is 23.4. The molecule has 8 heteroatoms. The number of pyridine rings is 1. The van der Waals surface area contributed by atoms with E-state index < -0.39 is 18.1 Å². The van der Waals surface area contributed by atoms with Crippen molar-refractivity contribution in [2.24, 2.45) is 5.73 Å². The standard InChI is InChI=1S/C27H23N3O3S2/c28-22-25(31)30-23(20(17-35-26(22)30)14-16-34-21-13-7-8-15-29-21)27(32)33-24(18-9-3-1-4-10-18)19-11-5-2-6-12-19/h1-16,22,24,26H,17,28H2/t22?,26-/m1/s1. The van der Waals surface area contributed by atoms with Gasteiger partial charge in [-0.25, -0.2) is 9.78 Å². The molecule has 2 N–H and O–H groups in total. The van der Waals surface area contributed by atoms with E-state index in [1.54, 1.807) is 18.0 Å². The summed E-state index contributed by atoms with van der Waals surface area (Å²) >= 11 is 2.99. The predicted molar refractivity (Wildman–Crippen MR) is 138 cm³/mol. The van der Waals surface area contributed by atoms with Crippen LogP contribution >= 0.6 is 23.5 Å². The van der Waals surface area contributed by atoms with Crippen molar-refractivity contribution in [2.75, 3.05) is 5.75 Å². The average Bonchev–Trinajstić information content (AvgIpc) is 2.92. The molecule has 1 unspecified atom stereocenters. The molecule has 2 aliphatic heterocycles. The number of hydrogen-bond donors (Lipinski definition) is 1. The number of allylic oxidation sites excluding steroid dienone is 1. The van der Waals surface area contributed by atoms with Crippen molar-refractivity contribution in [1.29, 1.82) is 0 Å². The van der Waals surface area contributed by atoms with Crippen LogP contribution < -0.4 is 5.73 Å². The molecule has 0 spiro atoms. The van der Waals surface area contributed by atoms with Crippen molar-refractivity contribution < 1.29 is 14.3 Å². The van der Waals surface area contributed by atoms with Gasteiger partial charge < -0.3 is 10.5 Å². The zero-order chi connectivity index (χ0) is 24.2. The van der Waals surface area contributed by atoms with Gasteiger partial charge in [0.05, 0.1) is 0 Å².